The van der Waals surface area contributed by atoms with Gasteiger partial charge in [0.15, 0.2) is 0 Å². The zero-order valence-corrected chi connectivity index (χ0v) is 16.3. The molecule has 1 aliphatic rings. The summed E-state index contributed by atoms with van der Waals surface area (Å²) in [4.78, 5) is 26.5. The van der Waals surface area contributed by atoms with Crippen molar-refractivity contribution in [3.05, 3.63) is 58.8 Å². The maximum absolute atomic E-state index is 12.9. The Labute approximate surface area is 166 Å². The van der Waals surface area contributed by atoms with Gasteiger partial charge in [0.1, 0.15) is 5.82 Å². The minimum Gasteiger partial charge on any atom is -0.326 e. The van der Waals surface area contributed by atoms with Crippen LogP contribution < -0.4 is 10.6 Å². The fraction of sp³-hybridized carbons (Fsp3) is 0.300. The van der Waals surface area contributed by atoms with Gasteiger partial charge in [-0.25, -0.2) is 4.39 Å². The Morgan fingerprint density at radius 2 is 1.52 bits per heavy atom. The highest BCUT2D eigenvalue weighted by Crippen LogP contribution is 2.20. The molecule has 0 bridgehead atoms. The fourth-order valence-electron chi connectivity index (χ4n) is 3.07. The number of nitrogens with one attached hydrogen (secondary N) is 2. The van der Waals surface area contributed by atoms with Gasteiger partial charge >= 0.3 is 0 Å². The number of rotatable bonds is 5. The third-order valence-electron chi connectivity index (χ3n) is 4.57. The van der Waals surface area contributed by atoms with Gasteiger partial charge in [0, 0.05) is 21.8 Å². The highest BCUT2D eigenvalue weighted by atomic mass is 79.9. The average Bonchev–Trinajstić information content (AvgIpc) is 2.66. The van der Waals surface area contributed by atoms with Crippen molar-refractivity contribution in [1.29, 1.82) is 0 Å². The molecule has 27 heavy (non-hydrogen) atoms. The SMILES string of the molecule is O=C(CN1CCC(C(=O)Nc2ccc(Br)cc2)CC1)Nc1ccc(F)cc1. The maximum Gasteiger partial charge on any atom is 0.238 e. The van der Waals surface area contributed by atoms with Crippen molar-refractivity contribution in [1.82, 2.24) is 4.90 Å². The topological polar surface area (TPSA) is 61.4 Å². The molecular weight excluding hydrogens is 413 g/mol. The number of nitrogens with zero attached hydrogens (tertiary/aromatic N) is 1. The van der Waals surface area contributed by atoms with Gasteiger partial charge in [-0.05, 0) is 74.5 Å². The maximum atomic E-state index is 12.9. The predicted octanol–water partition coefficient (Wildman–Crippen LogP) is 3.88. The van der Waals surface area contributed by atoms with Crippen LogP contribution in [0.5, 0.6) is 0 Å². The molecule has 5 nitrogen and oxygen atoms in total. The van der Waals surface area contributed by atoms with Gasteiger partial charge in [-0.2, -0.15) is 0 Å². The second kappa shape index (κ2) is 9.10. The lowest BCUT2D eigenvalue weighted by Crippen LogP contribution is -2.41. The number of piperidine rings is 1. The second-order valence-corrected chi connectivity index (χ2v) is 7.52. The van der Waals surface area contributed by atoms with Crippen molar-refractivity contribution in [2.75, 3.05) is 30.3 Å². The number of carbonyl (C=O) groups is 2. The molecule has 0 aromatic heterocycles. The molecule has 1 fully saturated rings. The summed E-state index contributed by atoms with van der Waals surface area (Å²) in [6, 6.07) is 13.2. The standard InChI is InChI=1S/C20H21BrFN3O2/c21-15-1-5-18(6-2-15)24-20(27)14-9-11-25(12-10-14)13-19(26)23-17-7-3-16(22)4-8-17/h1-8,14H,9-13H2,(H,23,26)(H,24,27). The van der Waals surface area contributed by atoms with E-state index in [0.29, 0.717) is 31.6 Å². The van der Waals surface area contributed by atoms with Crippen molar-refractivity contribution in [3.8, 4) is 0 Å². The Kier molecular flexibility index (Phi) is 6.58. The minimum absolute atomic E-state index is 0.0211. The summed E-state index contributed by atoms with van der Waals surface area (Å²) in [5.74, 6) is -0.506. The summed E-state index contributed by atoms with van der Waals surface area (Å²) >= 11 is 3.37. The van der Waals surface area contributed by atoms with Crippen LogP contribution in [0.15, 0.2) is 53.0 Å². The third-order valence-corrected chi connectivity index (χ3v) is 5.09. The molecule has 1 aliphatic heterocycles. The van der Waals surface area contributed by atoms with Gasteiger partial charge < -0.3 is 10.6 Å². The number of carbonyl (C=O) groups excluding carboxylic acids is 2. The first-order valence-electron chi connectivity index (χ1n) is 8.84. The van der Waals surface area contributed by atoms with Crippen molar-refractivity contribution < 1.29 is 14.0 Å². The normalized spacial score (nSPS) is 15.3. The van der Waals surface area contributed by atoms with E-state index in [0.717, 1.165) is 10.2 Å². The molecule has 7 heteroatoms. The second-order valence-electron chi connectivity index (χ2n) is 6.60. The summed E-state index contributed by atoms with van der Waals surface area (Å²) < 4.78 is 13.9. The Hall–Kier alpha value is -2.25. The van der Waals surface area contributed by atoms with E-state index in [-0.39, 0.29) is 30.1 Å². The molecule has 1 saturated heterocycles. The van der Waals surface area contributed by atoms with Crippen molar-refractivity contribution in [3.63, 3.8) is 0 Å². The quantitative estimate of drug-likeness (QED) is 0.751. The summed E-state index contributed by atoms with van der Waals surface area (Å²) in [5.41, 5.74) is 1.36. The molecule has 2 aromatic rings. The highest BCUT2D eigenvalue weighted by molar-refractivity contribution is 9.10. The van der Waals surface area contributed by atoms with Crippen LogP contribution in [0.3, 0.4) is 0 Å². The van der Waals surface area contributed by atoms with E-state index in [2.05, 4.69) is 26.6 Å². The lowest BCUT2D eigenvalue weighted by molar-refractivity contribution is -0.121. The summed E-state index contributed by atoms with van der Waals surface area (Å²) in [6.07, 6.45) is 1.43. The van der Waals surface area contributed by atoms with Crippen LogP contribution in [-0.4, -0.2) is 36.3 Å². The van der Waals surface area contributed by atoms with E-state index >= 15 is 0 Å². The van der Waals surface area contributed by atoms with Crippen LogP contribution in [0.25, 0.3) is 0 Å². The zero-order chi connectivity index (χ0) is 19.2. The molecule has 1 heterocycles. The van der Waals surface area contributed by atoms with Gasteiger partial charge in [-0.15, -0.1) is 0 Å². The van der Waals surface area contributed by atoms with E-state index in [1.54, 1.807) is 0 Å². The monoisotopic (exact) mass is 433 g/mol. The molecule has 0 unspecified atom stereocenters. The van der Waals surface area contributed by atoms with Crippen molar-refractivity contribution in [2.45, 2.75) is 12.8 Å². The molecule has 2 amide bonds. The number of halogens is 2. The highest BCUT2D eigenvalue weighted by Gasteiger charge is 2.26. The first-order chi connectivity index (χ1) is 13.0. The number of hydrogen-bond donors (Lipinski definition) is 2. The van der Waals surface area contributed by atoms with Crippen LogP contribution in [0.2, 0.25) is 0 Å². The van der Waals surface area contributed by atoms with Crippen molar-refractivity contribution in [2.24, 2.45) is 5.92 Å². The van der Waals surface area contributed by atoms with Crippen LogP contribution in [-0.2, 0) is 9.59 Å². The van der Waals surface area contributed by atoms with E-state index in [1.165, 1.54) is 24.3 Å². The third kappa shape index (κ3) is 5.87. The smallest absolute Gasteiger partial charge is 0.238 e. The molecule has 142 valence electrons. The Balaban J connectivity index is 1.42. The van der Waals surface area contributed by atoms with Gasteiger partial charge in [0.05, 0.1) is 6.54 Å². The van der Waals surface area contributed by atoms with Crippen LogP contribution in [0.1, 0.15) is 12.8 Å². The molecule has 0 radical (unpaired) electrons. The molecular formula is C20H21BrFN3O2. The molecule has 2 aromatic carbocycles. The Morgan fingerprint density at radius 3 is 2.15 bits per heavy atom. The molecule has 0 saturated carbocycles. The summed E-state index contributed by atoms with van der Waals surface area (Å²) in [5, 5.41) is 5.70. The molecule has 0 spiro atoms. The Morgan fingerprint density at radius 1 is 0.963 bits per heavy atom. The number of amides is 2. The molecule has 0 atom stereocenters. The van der Waals surface area contributed by atoms with E-state index < -0.39 is 0 Å². The van der Waals surface area contributed by atoms with Crippen LogP contribution in [0, 0.1) is 11.7 Å². The minimum atomic E-state index is -0.337. The van der Waals surface area contributed by atoms with E-state index in [4.69, 9.17) is 0 Å². The molecule has 3 rings (SSSR count). The van der Waals surface area contributed by atoms with Crippen LogP contribution in [0.4, 0.5) is 15.8 Å². The average molecular weight is 434 g/mol. The van der Waals surface area contributed by atoms with Crippen LogP contribution >= 0.6 is 15.9 Å². The predicted molar refractivity (Wildman–Crippen MR) is 107 cm³/mol. The lowest BCUT2D eigenvalue weighted by atomic mass is 9.96. The van der Waals surface area contributed by atoms with E-state index in [1.807, 2.05) is 29.2 Å². The molecule has 2 N–H and O–H groups in total. The fourth-order valence-corrected chi connectivity index (χ4v) is 3.33. The van der Waals surface area contributed by atoms with E-state index in [9.17, 15) is 14.0 Å². The first kappa shape index (κ1) is 19.5. The lowest BCUT2D eigenvalue weighted by Gasteiger charge is -2.30. The molecule has 0 aliphatic carbocycles. The zero-order valence-electron chi connectivity index (χ0n) is 14.8. The number of anilines is 2. The van der Waals surface area contributed by atoms with Crippen molar-refractivity contribution >= 4 is 39.1 Å². The van der Waals surface area contributed by atoms with Gasteiger partial charge in [0.2, 0.25) is 11.8 Å². The number of benzene rings is 2. The van der Waals surface area contributed by atoms with Gasteiger partial charge in [-0.3, -0.25) is 14.5 Å². The first-order valence-corrected chi connectivity index (χ1v) is 9.63. The van der Waals surface area contributed by atoms with Gasteiger partial charge in [0.25, 0.3) is 0 Å². The van der Waals surface area contributed by atoms with Gasteiger partial charge in [-0.1, -0.05) is 15.9 Å². The summed E-state index contributed by atoms with van der Waals surface area (Å²) in [6.45, 7) is 1.64. The Bertz CT molecular complexity index is 788. The largest absolute Gasteiger partial charge is 0.326 e. The number of hydrogen-bond acceptors (Lipinski definition) is 3. The summed E-state index contributed by atoms with van der Waals surface area (Å²) in [7, 11) is 0. The number of likely N-dealkylation sites (tertiary alicyclic amines) is 1.